The van der Waals surface area contributed by atoms with Crippen LogP contribution in [0.3, 0.4) is 0 Å². The van der Waals surface area contributed by atoms with Crippen LogP contribution in [0.15, 0.2) is 11.4 Å². The number of carbonyl (C=O) groups excluding carboxylic acids is 1. The first-order valence-electron chi connectivity index (χ1n) is 5.34. The third-order valence-electron chi connectivity index (χ3n) is 2.77. The van der Waals surface area contributed by atoms with Gasteiger partial charge < -0.3 is 4.90 Å². The Morgan fingerprint density at radius 1 is 1.47 bits per heavy atom. The van der Waals surface area contributed by atoms with E-state index in [1.54, 1.807) is 11.0 Å². The van der Waals surface area contributed by atoms with Crippen molar-refractivity contribution in [2.75, 3.05) is 32.7 Å². The van der Waals surface area contributed by atoms with Gasteiger partial charge in [0.1, 0.15) is 4.88 Å². The zero-order chi connectivity index (χ0) is 12.3. The molecule has 17 heavy (non-hydrogen) atoms. The summed E-state index contributed by atoms with van der Waals surface area (Å²) >= 11 is 7.31. The Morgan fingerprint density at radius 2 is 2.18 bits per heavy atom. The minimum Gasteiger partial charge on any atom is -0.335 e. The molecular weight excluding hydrogens is 258 g/mol. The number of thiophene rings is 1. The number of amides is 1. The second-order valence-corrected chi connectivity index (χ2v) is 5.15. The number of hydrogen-bond acceptors (Lipinski definition) is 4. The maximum absolute atomic E-state index is 12.1. The van der Waals surface area contributed by atoms with E-state index < -0.39 is 0 Å². The van der Waals surface area contributed by atoms with E-state index in [4.69, 9.17) is 16.9 Å². The molecule has 90 valence electrons. The van der Waals surface area contributed by atoms with Crippen LogP contribution in [0, 0.1) is 11.3 Å². The summed E-state index contributed by atoms with van der Waals surface area (Å²) in [6.07, 6.45) is 0. The maximum atomic E-state index is 12.1. The summed E-state index contributed by atoms with van der Waals surface area (Å²) in [4.78, 5) is 16.6. The van der Waals surface area contributed by atoms with Crippen LogP contribution in [-0.2, 0) is 0 Å². The van der Waals surface area contributed by atoms with E-state index in [0.29, 0.717) is 29.5 Å². The van der Waals surface area contributed by atoms with Crippen molar-refractivity contribution in [3.05, 3.63) is 21.3 Å². The van der Waals surface area contributed by atoms with E-state index in [1.165, 1.54) is 11.3 Å². The van der Waals surface area contributed by atoms with Gasteiger partial charge in [0.25, 0.3) is 5.91 Å². The summed E-state index contributed by atoms with van der Waals surface area (Å²) in [5, 5.41) is 10.9. The minimum atomic E-state index is 0.00149. The molecule has 0 saturated carbocycles. The molecule has 1 fully saturated rings. The van der Waals surface area contributed by atoms with Crippen molar-refractivity contribution in [2.45, 2.75) is 0 Å². The molecular formula is C11H12ClN3OS. The number of carbonyl (C=O) groups is 1. The summed E-state index contributed by atoms with van der Waals surface area (Å²) in [7, 11) is 0. The third kappa shape index (κ3) is 2.78. The smallest absolute Gasteiger partial charge is 0.265 e. The zero-order valence-electron chi connectivity index (χ0n) is 9.23. The zero-order valence-corrected chi connectivity index (χ0v) is 10.8. The largest absolute Gasteiger partial charge is 0.335 e. The van der Waals surface area contributed by atoms with E-state index in [9.17, 15) is 4.79 Å². The molecule has 0 unspecified atom stereocenters. The van der Waals surface area contributed by atoms with Crippen LogP contribution < -0.4 is 0 Å². The molecule has 4 nitrogen and oxygen atoms in total. The molecule has 0 spiro atoms. The van der Waals surface area contributed by atoms with Gasteiger partial charge in [-0.2, -0.15) is 5.26 Å². The molecule has 0 atom stereocenters. The van der Waals surface area contributed by atoms with E-state index in [-0.39, 0.29) is 5.91 Å². The van der Waals surface area contributed by atoms with Crippen LogP contribution in [0.1, 0.15) is 9.67 Å². The Bertz CT molecular complexity index is 446. The van der Waals surface area contributed by atoms with Gasteiger partial charge in [-0.15, -0.1) is 11.3 Å². The number of piperazine rings is 1. The first-order valence-corrected chi connectivity index (χ1v) is 6.59. The lowest BCUT2D eigenvalue weighted by Crippen LogP contribution is -2.48. The topological polar surface area (TPSA) is 47.3 Å². The maximum Gasteiger partial charge on any atom is 0.265 e. The SMILES string of the molecule is N#CCN1CCN(C(=O)c2sccc2Cl)CC1. The van der Waals surface area contributed by atoms with Crippen LogP contribution in [-0.4, -0.2) is 48.4 Å². The van der Waals surface area contributed by atoms with Gasteiger partial charge in [0.15, 0.2) is 0 Å². The standard InChI is InChI=1S/C11H12ClN3OS/c12-9-1-8-17-10(9)11(16)15-6-4-14(3-2-13)5-7-15/h1,8H,3-7H2. The average molecular weight is 270 g/mol. The number of hydrogen-bond donors (Lipinski definition) is 0. The van der Waals surface area contributed by atoms with Gasteiger partial charge >= 0.3 is 0 Å². The molecule has 1 amide bonds. The van der Waals surface area contributed by atoms with E-state index >= 15 is 0 Å². The van der Waals surface area contributed by atoms with Gasteiger partial charge in [0.2, 0.25) is 0 Å². The fraction of sp³-hybridized carbons (Fsp3) is 0.455. The fourth-order valence-electron chi connectivity index (χ4n) is 1.80. The number of nitriles is 1. The van der Waals surface area contributed by atoms with Crippen molar-refractivity contribution in [3.63, 3.8) is 0 Å². The lowest BCUT2D eigenvalue weighted by molar-refractivity contribution is 0.0657. The summed E-state index contributed by atoms with van der Waals surface area (Å²) in [6, 6.07) is 3.86. The second-order valence-electron chi connectivity index (χ2n) is 3.82. The molecule has 0 aromatic carbocycles. The molecule has 0 radical (unpaired) electrons. The Morgan fingerprint density at radius 3 is 2.71 bits per heavy atom. The molecule has 1 aliphatic heterocycles. The highest BCUT2D eigenvalue weighted by Crippen LogP contribution is 2.24. The molecule has 0 N–H and O–H groups in total. The molecule has 2 heterocycles. The highest BCUT2D eigenvalue weighted by molar-refractivity contribution is 7.12. The summed E-state index contributed by atoms with van der Waals surface area (Å²) in [5.74, 6) is 0.00149. The fourth-order valence-corrected chi connectivity index (χ4v) is 2.90. The van der Waals surface area contributed by atoms with Gasteiger partial charge in [0.05, 0.1) is 17.6 Å². The van der Waals surface area contributed by atoms with Crippen molar-refractivity contribution < 1.29 is 4.79 Å². The van der Waals surface area contributed by atoms with Gasteiger partial charge in [-0.1, -0.05) is 11.6 Å². The average Bonchev–Trinajstić information content (AvgIpc) is 2.76. The number of nitrogens with zero attached hydrogens (tertiary/aromatic N) is 3. The van der Waals surface area contributed by atoms with E-state index in [0.717, 1.165) is 13.1 Å². The summed E-state index contributed by atoms with van der Waals surface area (Å²) in [5.41, 5.74) is 0. The summed E-state index contributed by atoms with van der Waals surface area (Å²) in [6.45, 7) is 3.26. The first-order chi connectivity index (χ1) is 8.22. The molecule has 1 saturated heterocycles. The lowest BCUT2D eigenvalue weighted by atomic mass is 10.3. The Labute approximate surface area is 109 Å². The summed E-state index contributed by atoms with van der Waals surface area (Å²) < 4.78 is 0. The Balaban J connectivity index is 1.96. The van der Waals surface area contributed by atoms with Gasteiger partial charge in [-0.3, -0.25) is 9.69 Å². The normalized spacial score (nSPS) is 16.8. The Hall–Kier alpha value is -1.09. The van der Waals surface area contributed by atoms with Crippen molar-refractivity contribution in [2.24, 2.45) is 0 Å². The third-order valence-corrected chi connectivity index (χ3v) is 4.09. The highest BCUT2D eigenvalue weighted by Gasteiger charge is 2.23. The van der Waals surface area contributed by atoms with Crippen LogP contribution in [0.5, 0.6) is 0 Å². The second kappa shape index (κ2) is 5.50. The van der Waals surface area contributed by atoms with Crippen molar-refractivity contribution in [1.82, 2.24) is 9.80 Å². The quantitative estimate of drug-likeness (QED) is 0.768. The van der Waals surface area contributed by atoms with Crippen LogP contribution in [0.25, 0.3) is 0 Å². The number of rotatable bonds is 2. The van der Waals surface area contributed by atoms with Crippen molar-refractivity contribution >= 4 is 28.8 Å². The highest BCUT2D eigenvalue weighted by atomic mass is 35.5. The van der Waals surface area contributed by atoms with Crippen molar-refractivity contribution in [1.29, 1.82) is 5.26 Å². The molecule has 1 aliphatic rings. The monoisotopic (exact) mass is 269 g/mol. The number of halogens is 1. The van der Waals surface area contributed by atoms with Crippen LogP contribution in [0.4, 0.5) is 0 Å². The predicted molar refractivity (Wildman–Crippen MR) is 67.3 cm³/mol. The van der Waals surface area contributed by atoms with Crippen LogP contribution in [0.2, 0.25) is 5.02 Å². The predicted octanol–water partition coefficient (Wildman–Crippen LogP) is 1.68. The van der Waals surface area contributed by atoms with E-state index in [1.807, 2.05) is 10.3 Å². The van der Waals surface area contributed by atoms with E-state index in [2.05, 4.69) is 6.07 Å². The lowest BCUT2D eigenvalue weighted by Gasteiger charge is -2.33. The van der Waals surface area contributed by atoms with Gasteiger partial charge in [0, 0.05) is 26.2 Å². The Kier molecular flexibility index (Phi) is 4.00. The molecule has 1 aromatic heterocycles. The van der Waals surface area contributed by atoms with Gasteiger partial charge in [-0.25, -0.2) is 0 Å². The molecule has 6 heteroatoms. The first kappa shape index (κ1) is 12.4. The molecule has 1 aromatic rings. The van der Waals surface area contributed by atoms with Gasteiger partial charge in [-0.05, 0) is 11.4 Å². The molecule has 0 bridgehead atoms. The minimum absolute atomic E-state index is 0.00149. The molecule has 0 aliphatic carbocycles. The van der Waals surface area contributed by atoms with Crippen LogP contribution >= 0.6 is 22.9 Å². The van der Waals surface area contributed by atoms with Crippen molar-refractivity contribution in [3.8, 4) is 6.07 Å². The molecule has 2 rings (SSSR count).